The van der Waals surface area contributed by atoms with Crippen LogP contribution in [0.4, 0.5) is 15.9 Å². The van der Waals surface area contributed by atoms with Gasteiger partial charge >= 0.3 is 0 Å². The van der Waals surface area contributed by atoms with E-state index in [1.807, 2.05) is 30.3 Å². The number of halogens is 2. The summed E-state index contributed by atoms with van der Waals surface area (Å²) in [5.41, 5.74) is 2.96. The van der Waals surface area contributed by atoms with Gasteiger partial charge in [-0.15, -0.1) is 0 Å². The molecule has 3 aromatic carbocycles. The summed E-state index contributed by atoms with van der Waals surface area (Å²) in [5.74, 6) is 0.468. The van der Waals surface area contributed by atoms with Crippen LogP contribution in [0, 0.1) is 5.82 Å². The average molecular weight is 390 g/mol. The molecule has 0 amide bonds. The van der Waals surface area contributed by atoms with Gasteiger partial charge in [0.05, 0.1) is 22.6 Å². The summed E-state index contributed by atoms with van der Waals surface area (Å²) in [7, 11) is 0. The monoisotopic (exact) mass is 389 g/mol. The number of nitrogens with one attached hydrogen (secondary N) is 2. The van der Waals surface area contributed by atoms with Crippen LogP contribution in [0.5, 0.6) is 0 Å². The van der Waals surface area contributed by atoms with Crippen molar-refractivity contribution in [2.45, 2.75) is 0 Å². The van der Waals surface area contributed by atoms with Crippen LogP contribution < -0.4 is 5.32 Å². The zero-order valence-corrected chi connectivity index (χ0v) is 15.2. The fourth-order valence-corrected chi connectivity index (χ4v) is 3.34. The zero-order valence-electron chi connectivity index (χ0n) is 14.4. The molecule has 0 aliphatic rings. The van der Waals surface area contributed by atoms with Crippen molar-refractivity contribution in [2.75, 3.05) is 5.32 Å². The maximum Gasteiger partial charge on any atom is 0.162 e. The molecule has 0 saturated carbocycles. The van der Waals surface area contributed by atoms with Crippen molar-refractivity contribution < 1.29 is 4.39 Å². The predicted molar refractivity (Wildman–Crippen MR) is 109 cm³/mol. The Morgan fingerprint density at radius 3 is 2.75 bits per heavy atom. The second-order valence-corrected chi connectivity index (χ2v) is 6.77. The summed E-state index contributed by atoms with van der Waals surface area (Å²) in [6.07, 6.45) is 1.73. The lowest BCUT2D eigenvalue weighted by Gasteiger charge is -2.12. The summed E-state index contributed by atoms with van der Waals surface area (Å²) in [5, 5.41) is 12.0. The van der Waals surface area contributed by atoms with Crippen LogP contribution in [0.1, 0.15) is 0 Å². The highest BCUT2D eigenvalue weighted by Crippen LogP contribution is 2.30. The highest BCUT2D eigenvalue weighted by Gasteiger charge is 2.14. The summed E-state index contributed by atoms with van der Waals surface area (Å²) in [6.45, 7) is 0. The van der Waals surface area contributed by atoms with E-state index in [0.717, 1.165) is 22.2 Å². The molecule has 0 bridgehead atoms. The molecule has 0 aliphatic heterocycles. The number of aromatic amines is 1. The lowest BCUT2D eigenvalue weighted by molar-refractivity contribution is 0.639. The van der Waals surface area contributed by atoms with Crippen LogP contribution in [0.25, 0.3) is 33.2 Å². The van der Waals surface area contributed by atoms with Gasteiger partial charge in [-0.3, -0.25) is 5.10 Å². The van der Waals surface area contributed by atoms with Crippen molar-refractivity contribution in [2.24, 2.45) is 0 Å². The second-order valence-electron chi connectivity index (χ2n) is 6.34. The molecule has 0 radical (unpaired) electrons. The van der Waals surface area contributed by atoms with Crippen molar-refractivity contribution >= 4 is 44.9 Å². The van der Waals surface area contributed by atoms with Crippen LogP contribution in [0.15, 0.2) is 66.9 Å². The van der Waals surface area contributed by atoms with E-state index < -0.39 is 0 Å². The molecular formula is C21H13ClFN5. The largest absolute Gasteiger partial charge is 0.339 e. The van der Waals surface area contributed by atoms with Gasteiger partial charge in [0, 0.05) is 21.7 Å². The van der Waals surface area contributed by atoms with E-state index in [4.69, 9.17) is 11.6 Å². The standard InChI is InChI=1S/C21H13ClFN5/c22-14-4-1-3-12(9-14)20-26-18-6-2-5-16(23)19(18)21(27-20)25-15-7-8-17-13(10-15)11-24-28-17/h1-11H,(H,24,28)(H,25,26,27). The molecule has 28 heavy (non-hydrogen) atoms. The summed E-state index contributed by atoms with van der Waals surface area (Å²) >= 11 is 6.11. The average Bonchev–Trinajstić information content (AvgIpc) is 3.16. The number of rotatable bonds is 3. The van der Waals surface area contributed by atoms with E-state index >= 15 is 0 Å². The van der Waals surface area contributed by atoms with E-state index in [1.165, 1.54) is 6.07 Å². The van der Waals surface area contributed by atoms with Gasteiger partial charge in [0.15, 0.2) is 5.82 Å². The second kappa shape index (κ2) is 6.58. The highest BCUT2D eigenvalue weighted by atomic mass is 35.5. The van der Waals surface area contributed by atoms with Crippen LogP contribution in [0.3, 0.4) is 0 Å². The topological polar surface area (TPSA) is 66.5 Å². The molecule has 2 N–H and O–H groups in total. The minimum Gasteiger partial charge on any atom is -0.339 e. The molecule has 0 atom stereocenters. The molecular weight excluding hydrogens is 377 g/mol. The highest BCUT2D eigenvalue weighted by molar-refractivity contribution is 6.30. The Balaban J connectivity index is 1.69. The van der Waals surface area contributed by atoms with E-state index in [9.17, 15) is 4.39 Å². The predicted octanol–water partition coefficient (Wildman–Crippen LogP) is 5.71. The molecule has 2 aromatic heterocycles. The third-order valence-electron chi connectivity index (χ3n) is 4.46. The number of hydrogen-bond acceptors (Lipinski definition) is 4. The first-order valence-electron chi connectivity index (χ1n) is 8.60. The third-order valence-corrected chi connectivity index (χ3v) is 4.69. The minimum atomic E-state index is -0.387. The SMILES string of the molecule is Fc1cccc2nc(-c3cccc(Cl)c3)nc(Nc3ccc4[nH]ncc4c3)c12. The molecule has 2 heterocycles. The quantitative estimate of drug-likeness (QED) is 0.415. The van der Waals surface area contributed by atoms with Gasteiger partial charge < -0.3 is 5.32 Å². The maximum atomic E-state index is 14.6. The van der Waals surface area contributed by atoms with Crippen molar-refractivity contribution in [3.63, 3.8) is 0 Å². The molecule has 5 rings (SSSR count). The van der Waals surface area contributed by atoms with Gasteiger partial charge in [-0.05, 0) is 42.5 Å². The Labute approximate surface area is 164 Å². The van der Waals surface area contributed by atoms with Crippen molar-refractivity contribution in [1.29, 1.82) is 0 Å². The first-order chi connectivity index (χ1) is 13.7. The number of fused-ring (bicyclic) bond motifs is 2. The van der Waals surface area contributed by atoms with Gasteiger partial charge in [0.25, 0.3) is 0 Å². The van der Waals surface area contributed by atoms with E-state index in [-0.39, 0.29) is 5.82 Å². The van der Waals surface area contributed by atoms with Crippen LogP contribution in [0.2, 0.25) is 5.02 Å². The molecule has 0 fully saturated rings. The van der Waals surface area contributed by atoms with Crippen LogP contribution in [-0.2, 0) is 0 Å². The number of nitrogens with zero attached hydrogens (tertiary/aromatic N) is 3. The molecule has 0 aliphatic carbocycles. The van der Waals surface area contributed by atoms with E-state index in [0.29, 0.717) is 27.6 Å². The number of hydrogen-bond donors (Lipinski definition) is 2. The lowest BCUT2D eigenvalue weighted by Crippen LogP contribution is -2.01. The summed E-state index contributed by atoms with van der Waals surface area (Å²) in [4.78, 5) is 9.12. The van der Waals surface area contributed by atoms with Crippen LogP contribution >= 0.6 is 11.6 Å². The Hall–Kier alpha value is -3.51. The number of anilines is 2. The minimum absolute atomic E-state index is 0.334. The zero-order chi connectivity index (χ0) is 19.1. The number of H-pyrrole nitrogens is 1. The Kier molecular flexibility index (Phi) is 3.91. The molecule has 0 saturated heterocycles. The number of aromatic nitrogens is 4. The molecule has 136 valence electrons. The molecule has 0 unspecified atom stereocenters. The molecule has 5 nitrogen and oxygen atoms in total. The smallest absolute Gasteiger partial charge is 0.162 e. The maximum absolute atomic E-state index is 14.6. The Morgan fingerprint density at radius 1 is 0.964 bits per heavy atom. The molecule has 5 aromatic rings. The van der Waals surface area contributed by atoms with Gasteiger partial charge in [0.1, 0.15) is 11.6 Å². The Morgan fingerprint density at radius 2 is 1.86 bits per heavy atom. The first-order valence-corrected chi connectivity index (χ1v) is 8.97. The fraction of sp³-hybridized carbons (Fsp3) is 0. The van der Waals surface area contributed by atoms with Crippen molar-refractivity contribution in [3.8, 4) is 11.4 Å². The third kappa shape index (κ3) is 2.93. The van der Waals surface area contributed by atoms with Crippen LogP contribution in [-0.4, -0.2) is 20.2 Å². The molecule has 0 spiro atoms. The summed E-state index contributed by atoms with van der Waals surface area (Å²) < 4.78 is 14.6. The van der Waals surface area contributed by atoms with Gasteiger partial charge in [-0.25, -0.2) is 14.4 Å². The van der Waals surface area contributed by atoms with Crippen molar-refractivity contribution in [3.05, 3.63) is 77.7 Å². The van der Waals surface area contributed by atoms with Gasteiger partial charge in [-0.1, -0.05) is 29.8 Å². The lowest BCUT2D eigenvalue weighted by atomic mass is 10.1. The summed E-state index contributed by atoms with van der Waals surface area (Å²) in [6, 6.07) is 17.8. The first kappa shape index (κ1) is 16.6. The Bertz CT molecular complexity index is 1330. The molecule has 7 heteroatoms. The number of benzene rings is 3. The normalized spacial score (nSPS) is 11.2. The van der Waals surface area contributed by atoms with E-state index in [1.54, 1.807) is 30.5 Å². The van der Waals surface area contributed by atoms with Crippen molar-refractivity contribution in [1.82, 2.24) is 20.2 Å². The fourth-order valence-electron chi connectivity index (χ4n) is 3.15. The van der Waals surface area contributed by atoms with Gasteiger partial charge in [-0.2, -0.15) is 5.10 Å². The van der Waals surface area contributed by atoms with Gasteiger partial charge in [0.2, 0.25) is 0 Å². The van der Waals surface area contributed by atoms with E-state index in [2.05, 4.69) is 25.5 Å².